The molecule has 7 heteroatoms. The van der Waals surface area contributed by atoms with Crippen LogP contribution in [0.1, 0.15) is 0 Å². The fraction of sp³-hybridized carbons (Fsp3) is 0. The van der Waals surface area contributed by atoms with Crippen LogP contribution in [0.3, 0.4) is 0 Å². The van der Waals surface area contributed by atoms with Crippen molar-refractivity contribution in [1.29, 1.82) is 0 Å². The lowest BCUT2D eigenvalue weighted by Crippen LogP contribution is -1.98. The Hall–Kier alpha value is -4.39. The molecule has 0 spiro atoms. The van der Waals surface area contributed by atoms with Crippen molar-refractivity contribution in [2.75, 3.05) is 0 Å². The summed E-state index contributed by atoms with van der Waals surface area (Å²) in [5, 5.41) is 17.4. The third kappa shape index (κ3) is 3.51. The molecule has 0 unspecified atom stereocenters. The maximum absolute atomic E-state index is 4.51. The van der Waals surface area contributed by atoms with E-state index < -0.39 is 0 Å². The maximum Gasteiger partial charge on any atom is 0.112 e. The standard InChI is InChI=1S/C23H15N7/c1-3-13-24-18(7-1)20-10-9-17(27-28-20)16-6-5-15-26-23(16)22-12-11-21(29-30-22)19-8-2-4-14-25-19/h1-15H. The third-order valence-electron chi connectivity index (χ3n) is 4.51. The maximum atomic E-state index is 4.51. The first-order valence-corrected chi connectivity index (χ1v) is 9.34. The fourth-order valence-corrected chi connectivity index (χ4v) is 3.05. The normalized spacial score (nSPS) is 10.7. The highest BCUT2D eigenvalue weighted by Crippen LogP contribution is 2.28. The zero-order valence-electron chi connectivity index (χ0n) is 15.8. The SMILES string of the molecule is c1ccc(-c2ccc(-c3cccnc3-c3ccc(-c4ccccn4)nn3)nn2)nc1. The lowest BCUT2D eigenvalue weighted by molar-refractivity contribution is 1.02. The Kier molecular flexibility index (Phi) is 4.67. The Labute approximate surface area is 172 Å². The first-order chi connectivity index (χ1) is 14.9. The van der Waals surface area contributed by atoms with Gasteiger partial charge in [-0.25, -0.2) is 0 Å². The number of nitrogens with zero attached hydrogens (tertiary/aromatic N) is 7. The predicted molar refractivity (Wildman–Crippen MR) is 113 cm³/mol. The number of pyridine rings is 3. The molecule has 0 saturated carbocycles. The van der Waals surface area contributed by atoms with Gasteiger partial charge in [0.15, 0.2) is 0 Å². The second-order valence-electron chi connectivity index (χ2n) is 6.44. The molecule has 5 heterocycles. The second kappa shape index (κ2) is 7.92. The minimum atomic E-state index is 0.654. The molecule has 5 aromatic rings. The summed E-state index contributed by atoms with van der Waals surface area (Å²) in [6.45, 7) is 0. The van der Waals surface area contributed by atoms with Crippen molar-refractivity contribution in [2.24, 2.45) is 0 Å². The minimum absolute atomic E-state index is 0.654. The van der Waals surface area contributed by atoms with E-state index in [4.69, 9.17) is 0 Å². The van der Waals surface area contributed by atoms with Gasteiger partial charge in [-0.2, -0.15) is 0 Å². The van der Waals surface area contributed by atoms with Crippen molar-refractivity contribution in [1.82, 2.24) is 35.3 Å². The van der Waals surface area contributed by atoms with E-state index in [0.29, 0.717) is 28.5 Å². The number of aromatic nitrogens is 7. The molecule has 5 aromatic heterocycles. The van der Waals surface area contributed by atoms with E-state index in [9.17, 15) is 0 Å². The summed E-state index contributed by atoms with van der Waals surface area (Å²) >= 11 is 0. The van der Waals surface area contributed by atoms with E-state index in [1.807, 2.05) is 72.8 Å². The van der Waals surface area contributed by atoms with Crippen LogP contribution in [0.25, 0.3) is 45.4 Å². The predicted octanol–water partition coefficient (Wildman–Crippen LogP) is 4.12. The summed E-state index contributed by atoms with van der Waals surface area (Å²) in [7, 11) is 0. The lowest BCUT2D eigenvalue weighted by Gasteiger charge is -2.08. The molecule has 142 valence electrons. The van der Waals surface area contributed by atoms with E-state index in [1.54, 1.807) is 18.6 Å². The van der Waals surface area contributed by atoms with Gasteiger partial charge in [0.1, 0.15) is 17.1 Å². The summed E-state index contributed by atoms with van der Waals surface area (Å²) in [5.74, 6) is 0. The molecule has 0 N–H and O–H groups in total. The van der Waals surface area contributed by atoms with Gasteiger partial charge in [0.2, 0.25) is 0 Å². The number of hydrogen-bond acceptors (Lipinski definition) is 7. The molecule has 0 radical (unpaired) electrons. The molecule has 7 nitrogen and oxygen atoms in total. The quantitative estimate of drug-likeness (QED) is 0.457. The Morgan fingerprint density at radius 2 is 0.900 bits per heavy atom. The van der Waals surface area contributed by atoms with E-state index in [2.05, 4.69) is 35.3 Å². The largest absolute Gasteiger partial charge is 0.255 e. The second-order valence-corrected chi connectivity index (χ2v) is 6.44. The van der Waals surface area contributed by atoms with Gasteiger partial charge in [0.25, 0.3) is 0 Å². The van der Waals surface area contributed by atoms with Crippen molar-refractivity contribution in [3.63, 3.8) is 0 Å². The zero-order chi connectivity index (χ0) is 20.2. The summed E-state index contributed by atoms with van der Waals surface area (Å²) in [6, 6.07) is 22.8. The summed E-state index contributed by atoms with van der Waals surface area (Å²) in [6.07, 6.45) is 5.19. The Morgan fingerprint density at radius 1 is 0.367 bits per heavy atom. The molecule has 0 aliphatic rings. The van der Waals surface area contributed by atoms with Crippen molar-refractivity contribution < 1.29 is 0 Å². The Balaban J connectivity index is 1.49. The molecule has 0 aromatic carbocycles. The van der Waals surface area contributed by atoms with Crippen LogP contribution in [0.5, 0.6) is 0 Å². The smallest absolute Gasteiger partial charge is 0.112 e. The van der Waals surface area contributed by atoms with E-state index >= 15 is 0 Å². The van der Waals surface area contributed by atoms with E-state index in [1.165, 1.54) is 0 Å². The highest BCUT2D eigenvalue weighted by molar-refractivity contribution is 5.77. The van der Waals surface area contributed by atoms with Crippen molar-refractivity contribution in [3.8, 4) is 45.4 Å². The Morgan fingerprint density at radius 3 is 1.43 bits per heavy atom. The highest BCUT2D eigenvalue weighted by atomic mass is 15.1. The molecule has 0 fully saturated rings. The molecule has 0 atom stereocenters. The molecule has 0 aliphatic carbocycles. The van der Waals surface area contributed by atoms with Crippen LogP contribution in [0.2, 0.25) is 0 Å². The van der Waals surface area contributed by atoms with Gasteiger partial charge < -0.3 is 0 Å². The molecule has 0 aliphatic heterocycles. The zero-order valence-corrected chi connectivity index (χ0v) is 15.8. The highest BCUT2D eigenvalue weighted by Gasteiger charge is 2.13. The molecule has 0 saturated heterocycles. The summed E-state index contributed by atoms with van der Waals surface area (Å²) in [5.41, 5.74) is 5.84. The molecular weight excluding hydrogens is 374 g/mol. The first kappa shape index (κ1) is 17.7. The molecule has 30 heavy (non-hydrogen) atoms. The average Bonchev–Trinajstić information content (AvgIpc) is 2.85. The van der Waals surface area contributed by atoms with E-state index in [-0.39, 0.29) is 0 Å². The van der Waals surface area contributed by atoms with Crippen LogP contribution in [0, 0.1) is 0 Å². The van der Waals surface area contributed by atoms with Gasteiger partial charge in [-0.1, -0.05) is 12.1 Å². The lowest BCUT2D eigenvalue weighted by atomic mass is 10.1. The van der Waals surface area contributed by atoms with Crippen LogP contribution >= 0.6 is 0 Å². The molecule has 0 bridgehead atoms. The fourth-order valence-electron chi connectivity index (χ4n) is 3.05. The van der Waals surface area contributed by atoms with Crippen LogP contribution in [0.15, 0.2) is 91.4 Å². The van der Waals surface area contributed by atoms with Crippen molar-refractivity contribution in [2.45, 2.75) is 0 Å². The van der Waals surface area contributed by atoms with Gasteiger partial charge in [0.05, 0.1) is 22.8 Å². The average molecular weight is 389 g/mol. The topological polar surface area (TPSA) is 90.2 Å². The number of rotatable bonds is 4. The number of hydrogen-bond donors (Lipinski definition) is 0. The molecular formula is C23H15N7. The van der Waals surface area contributed by atoms with Crippen LogP contribution in [-0.4, -0.2) is 35.3 Å². The van der Waals surface area contributed by atoms with Gasteiger partial charge in [-0.05, 0) is 60.7 Å². The third-order valence-corrected chi connectivity index (χ3v) is 4.51. The van der Waals surface area contributed by atoms with Crippen LogP contribution in [-0.2, 0) is 0 Å². The van der Waals surface area contributed by atoms with Crippen molar-refractivity contribution in [3.05, 3.63) is 91.4 Å². The van der Waals surface area contributed by atoms with Gasteiger partial charge >= 0.3 is 0 Å². The van der Waals surface area contributed by atoms with Crippen LogP contribution < -0.4 is 0 Å². The Bertz CT molecular complexity index is 1150. The van der Waals surface area contributed by atoms with Crippen molar-refractivity contribution >= 4 is 0 Å². The van der Waals surface area contributed by atoms with Crippen LogP contribution in [0.4, 0.5) is 0 Å². The minimum Gasteiger partial charge on any atom is -0.255 e. The van der Waals surface area contributed by atoms with Gasteiger partial charge in [0, 0.05) is 24.2 Å². The monoisotopic (exact) mass is 389 g/mol. The van der Waals surface area contributed by atoms with E-state index in [0.717, 1.165) is 17.0 Å². The van der Waals surface area contributed by atoms with Gasteiger partial charge in [-0.15, -0.1) is 20.4 Å². The first-order valence-electron chi connectivity index (χ1n) is 9.34. The molecule has 0 amide bonds. The summed E-state index contributed by atoms with van der Waals surface area (Å²) < 4.78 is 0. The molecule has 5 rings (SSSR count). The summed E-state index contributed by atoms with van der Waals surface area (Å²) in [4.78, 5) is 13.1. The van der Waals surface area contributed by atoms with Gasteiger partial charge in [-0.3, -0.25) is 15.0 Å².